The maximum Gasteiger partial charge on any atom is 0.351 e. The Morgan fingerprint density at radius 1 is 1.46 bits per heavy atom. The van der Waals surface area contributed by atoms with E-state index in [1.807, 2.05) is 0 Å². The SMILES string of the molecule is CCO[C@H]1[C@@H](OC)[C@H](n2ccc(N)nc2=O)O[C@@H]1CNS(C)(=O)=O. The number of methoxy groups -OCH3 is 1. The van der Waals surface area contributed by atoms with Crippen LogP contribution in [0.15, 0.2) is 17.1 Å². The predicted octanol–water partition coefficient (Wildman–Crippen LogP) is -1.31. The number of anilines is 1. The summed E-state index contributed by atoms with van der Waals surface area (Å²) in [5, 5.41) is 0. The summed E-state index contributed by atoms with van der Waals surface area (Å²) >= 11 is 0. The molecule has 0 radical (unpaired) electrons. The Labute approximate surface area is 140 Å². The average Bonchev–Trinajstić information content (AvgIpc) is 2.82. The predicted molar refractivity (Wildman–Crippen MR) is 85.9 cm³/mol. The van der Waals surface area contributed by atoms with Gasteiger partial charge in [-0.3, -0.25) is 4.57 Å². The highest BCUT2D eigenvalue weighted by Gasteiger charge is 2.47. The second kappa shape index (κ2) is 7.57. The van der Waals surface area contributed by atoms with E-state index in [4.69, 9.17) is 19.9 Å². The third-order valence-corrected chi connectivity index (χ3v) is 4.28. The van der Waals surface area contributed by atoms with Crippen molar-refractivity contribution in [3.05, 3.63) is 22.7 Å². The number of aromatic nitrogens is 2. The fourth-order valence-electron chi connectivity index (χ4n) is 2.59. The lowest BCUT2D eigenvalue weighted by Crippen LogP contribution is -2.42. The van der Waals surface area contributed by atoms with Crippen LogP contribution in [0.25, 0.3) is 0 Å². The number of nitrogens with one attached hydrogen (secondary N) is 1. The lowest BCUT2D eigenvalue weighted by molar-refractivity contribution is -0.0594. The van der Waals surface area contributed by atoms with Crippen LogP contribution in [-0.4, -0.2) is 62.8 Å². The van der Waals surface area contributed by atoms with Gasteiger partial charge in [-0.05, 0) is 13.0 Å². The Morgan fingerprint density at radius 3 is 2.71 bits per heavy atom. The van der Waals surface area contributed by atoms with Crippen molar-refractivity contribution < 1.29 is 22.6 Å². The lowest BCUT2D eigenvalue weighted by atomic mass is 10.1. The summed E-state index contributed by atoms with van der Waals surface area (Å²) in [4.78, 5) is 15.7. The highest BCUT2D eigenvalue weighted by atomic mass is 32.2. The molecule has 1 aliphatic rings. The van der Waals surface area contributed by atoms with Gasteiger partial charge in [0.1, 0.15) is 24.1 Å². The normalized spacial score (nSPS) is 27.5. The number of rotatable bonds is 7. The van der Waals surface area contributed by atoms with E-state index in [1.165, 1.54) is 23.9 Å². The topological polar surface area (TPSA) is 135 Å². The molecule has 0 bridgehead atoms. The number of ether oxygens (including phenoxy) is 3. The fourth-order valence-corrected chi connectivity index (χ4v) is 3.06. The largest absolute Gasteiger partial charge is 0.383 e. The van der Waals surface area contributed by atoms with E-state index < -0.39 is 40.3 Å². The molecule has 0 amide bonds. The van der Waals surface area contributed by atoms with E-state index in [0.29, 0.717) is 6.61 Å². The molecular weight excluding hydrogens is 340 g/mol. The van der Waals surface area contributed by atoms with Gasteiger partial charge in [0.05, 0.1) is 6.26 Å². The van der Waals surface area contributed by atoms with Crippen molar-refractivity contribution in [2.24, 2.45) is 0 Å². The Hall–Kier alpha value is -1.53. The van der Waals surface area contributed by atoms with Gasteiger partial charge >= 0.3 is 5.69 Å². The van der Waals surface area contributed by atoms with Gasteiger partial charge in [0.2, 0.25) is 10.0 Å². The highest BCUT2D eigenvalue weighted by Crippen LogP contribution is 2.32. The first-order valence-electron chi connectivity index (χ1n) is 7.36. The Bertz CT molecular complexity index is 721. The summed E-state index contributed by atoms with van der Waals surface area (Å²) in [6.45, 7) is 2.18. The van der Waals surface area contributed by atoms with Crippen LogP contribution in [0.3, 0.4) is 0 Å². The Kier molecular flexibility index (Phi) is 5.93. The quantitative estimate of drug-likeness (QED) is 0.610. The second-order valence-electron chi connectivity index (χ2n) is 5.35. The Balaban J connectivity index is 2.29. The molecule has 24 heavy (non-hydrogen) atoms. The summed E-state index contributed by atoms with van der Waals surface area (Å²) in [5.41, 5.74) is 4.90. The third kappa shape index (κ3) is 4.30. The van der Waals surface area contributed by atoms with Crippen molar-refractivity contribution >= 4 is 15.8 Å². The van der Waals surface area contributed by atoms with Crippen molar-refractivity contribution in [1.82, 2.24) is 14.3 Å². The number of sulfonamides is 1. The molecule has 2 heterocycles. The van der Waals surface area contributed by atoms with Gasteiger partial charge in [-0.2, -0.15) is 4.98 Å². The van der Waals surface area contributed by atoms with Gasteiger partial charge in [-0.25, -0.2) is 17.9 Å². The zero-order valence-corrected chi connectivity index (χ0v) is 14.5. The summed E-state index contributed by atoms with van der Waals surface area (Å²) in [6, 6.07) is 1.47. The summed E-state index contributed by atoms with van der Waals surface area (Å²) in [7, 11) is -1.93. The molecule has 1 aliphatic heterocycles. The zero-order chi connectivity index (χ0) is 17.9. The van der Waals surface area contributed by atoms with Gasteiger partial charge in [-0.1, -0.05) is 0 Å². The first-order valence-corrected chi connectivity index (χ1v) is 9.25. The maximum absolute atomic E-state index is 12.1. The number of nitrogens with two attached hydrogens (primary N) is 1. The van der Waals surface area contributed by atoms with Crippen LogP contribution in [0.2, 0.25) is 0 Å². The molecule has 2 rings (SSSR count). The molecule has 0 aliphatic carbocycles. The Morgan fingerprint density at radius 2 is 2.17 bits per heavy atom. The molecular formula is C13H22N4O6S. The van der Waals surface area contributed by atoms with Crippen molar-refractivity contribution in [2.75, 3.05) is 32.3 Å². The van der Waals surface area contributed by atoms with Gasteiger partial charge < -0.3 is 19.9 Å². The minimum Gasteiger partial charge on any atom is -0.383 e. The van der Waals surface area contributed by atoms with Crippen LogP contribution < -0.4 is 16.1 Å². The molecule has 3 N–H and O–H groups in total. The van der Waals surface area contributed by atoms with Gasteiger partial charge in [-0.15, -0.1) is 0 Å². The molecule has 0 aromatic carbocycles. The number of nitrogen functional groups attached to an aromatic ring is 1. The van der Waals surface area contributed by atoms with Gasteiger partial charge in [0, 0.05) is 26.5 Å². The van der Waals surface area contributed by atoms with Crippen molar-refractivity contribution in [3.63, 3.8) is 0 Å². The molecule has 4 atom stereocenters. The van der Waals surface area contributed by atoms with E-state index >= 15 is 0 Å². The minimum absolute atomic E-state index is 0.00296. The number of hydrogen-bond acceptors (Lipinski definition) is 8. The molecule has 136 valence electrons. The van der Waals surface area contributed by atoms with Gasteiger partial charge in [0.25, 0.3) is 0 Å². The van der Waals surface area contributed by atoms with E-state index in [0.717, 1.165) is 6.26 Å². The van der Waals surface area contributed by atoms with Crippen molar-refractivity contribution in [1.29, 1.82) is 0 Å². The molecule has 0 spiro atoms. The summed E-state index contributed by atoms with van der Waals surface area (Å²) in [5.74, 6) is 0.0971. The van der Waals surface area contributed by atoms with E-state index in [2.05, 4.69) is 9.71 Å². The molecule has 10 nitrogen and oxygen atoms in total. The van der Waals surface area contributed by atoms with Crippen LogP contribution in [0.5, 0.6) is 0 Å². The van der Waals surface area contributed by atoms with Crippen molar-refractivity contribution in [2.45, 2.75) is 31.5 Å². The van der Waals surface area contributed by atoms with Gasteiger partial charge in [0.15, 0.2) is 6.23 Å². The number of hydrogen-bond donors (Lipinski definition) is 2. The molecule has 1 aromatic rings. The smallest absolute Gasteiger partial charge is 0.351 e. The van der Waals surface area contributed by atoms with E-state index in [-0.39, 0.29) is 12.4 Å². The van der Waals surface area contributed by atoms with E-state index in [1.54, 1.807) is 6.92 Å². The monoisotopic (exact) mass is 362 g/mol. The van der Waals surface area contributed by atoms with Crippen LogP contribution >= 0.6 is 0 Å². The van der Waals surface area contributed by atoms with Crippen LogP contribution in [0, 0.1) is 0 Å². The van der Waals surface area contributed by atoms with Crippen LogP contribution in [0.1, 0.15) is 13.2 Å². The maximum atomic E-state index is 12.1. The average molecular weight is 362 g/mol. The van der Waals surface area contributed by atoms with Crippen LogP contribution in [0.4, 0.5) is 5.82 Å². The molecule has 0 unspecified atom stereocenters. The van der Waals surface area contributed by atoms with E-state index in [9.17, 15) is 13.2 Å². The molecule has 1 fully saturated rings. The minimum atomic E-state index is -3.39. The first kappa shape index (κ1) is 18.8. The third-order valence-electron chi connectivity index (χ3n) is 3.59. The fraction of sp³-hybridized carbons (Fsp3) is 0.692. The first-order chi connectivity index (χ1) is 11.3. The standard InChI is InChI=1S/C13H22N4O6S/c1-4-22-10-8(7-15-24(3,19)20)23-12(11(10)21-2)17-6-5-9(14)16-13(17)18/h5-6,8,10-12,15H,4,7H2,1-3H3,(H2,14,16,18)/t8-,10-,11-,12-/m1/s1. The zero-order valence-electron chi connectivity index (χ0n) is 13.7. The molecule has 11 heteroatoms. The molecule has 0 saturated carbocycles. The molecule has 1 saturated heterocycles. The number of nitrogens with zero attached hydrogens (tertiary/aromatic N) is 2. The second-order valence-corrected chi connectivity index (χ2v) is 7.18. The van der Waals surface area contributed by atoms with Crippen LogP contribution in [-0.2, 0) is 24.2 Å². The summed E-state index contributed by atoms with van der Waals surface area (Å²) < 4.78 is 43.2. The highest BCUT2D eigenvalue weighted by molar-refractivity contribution is 7.88. The van der Waals surface area contributed by atoms with Crippen molar-refractivity contribution in [3.8, 4) is 0 Å². The summed E-state index contributed by atoms with van der Waals surface area (Å²) in [6.07, 6.45) is -0.0886. The molecule has 1 aromatic heterocycles. The lowest BCUT2D eigenvalue weighted by Gasteiger charge is -2.23.